The summed E-state index contributed by atoms with van der Waals surface area (Å²) in [6.07, 6.45) is 0.298. The van der Waals surface area contributed by atoms with Gasteiger partial charge in [0.05, 0.1) is 12.0 Å². The van der Waals surface area contributed by atoms with Gasteiger partial charge in [0.25, 0.3) is 0 Å². The van der Waals surface area contributed by atoms with E-state index in [0.717, 1.165) is 12.2 Å². The first kappa shape index (κ1) is 18.9. The Labute approximate surface area is 164 Å². The molecule has 2 aromatic heterocycles. The second kappa shape index (κ2) is 6.84. The predicted octanol–water partition coefficient (Wildman–Crippen LogP) is 2.54. The van der Waals surface area contributed by atoms with E-state index in [9.17, 15) is 9.90 Å². The van der Waals surface area contributed by atoms with Crippen LogP contribution in [0.5, 0.6) is 0 Å². The van der Waals surface area contributed by atoms with Crippen molar-refractivity contribution in [2.24, 2.45) is 5.92 Å². The Morgan fingerprint density at radius 2 is 2.11 bits per heavy atom. The van der Waals surface area contributed by atoms with Gasteiger partial charge in [-0.25, -0.2) is 14.6 Å². The number of halogens is 1. The number of fused-ring (bicyclic) bond motifs is 2. The van der Waals surface area contributed by atoms with Gasteiger partial charge in [-0.3, -0.25) is 4.79 Å². The molecule has 1 saturated carbocycles. The zero-order valence-electron chi connectivity index (χ0n) is 15.1. The summed E-state index contributed by atoms with van der Waals surface area (Å²) >= 11 is 7.77. The van der Waals surface area contributed by atoms with E-state index < -0.39 is 29.9 Å². The van der Waals surface area contributed by atoms with E-state index in [1.54, 1.807) is 18.5 Å². The molecule has 11 heteroatoms. The fraction of sp³-hybridized carbons (Fsp3) is 0.688. The molecule has 1 N–H and O–H groups in total. The van der Waals surface area contributed by atoms with Crippen LogP contribution < -0.4 is 0 Å². The number of carboxylic acids is 1. The van der Waals surface area contributed by atoms with Gasteiger partial charge in [-0.2, -0.15) is 0 Å². The van der Waals surface area contributed by atoms with Crippen LogP contribution in [-0.2, 0) is 14.3 Å². The van der Waals surface area contributed by atoms with E-state index in [4.69, 9.17) is 21.1 Å². The van der Waals surface area contributed by atoms with Crippen molar-refractivity contribution >= 4 is 40.5 Å². The molecule has 1 saturated heterocycles. The summed E-state index contributed by atoms with van der Waals surface area (Å²) < 4.78 is 13.5. The van der Waals surface area contributed by atoms with E-state index in [1.807, 2.05) is 0 Å². The molecule has 0 amide bonds. The zero-order valence-corrected chi connectivity index (χ0v) is 16.7. The molecule has 27 heavy (non-hydrogen) atoms. The number of hydrogen-bond donors (Lipinski definition) is 1. The molecular formula is C16H20ClN5O4S. The predicted molar refractivity (Wildman–Crippen MR) is 97.7 cm³/mol. The highest BCUT2D eigenvalue weighted by Gasteiger charge is 2.57. The highest BCUT2D eigenvalue weighted by Crippen LogP contribution is 2.47. The van der Waals surface area contributed by atoms with Crippen LogP contribution in [-0.4, -0.2) is 59.8 Å². The maximum Gasteiger partial charge on any atom is 0.309 e. The highest BCUT2D eigenvalue weighted by molar-refractivity contribution is 7.99. The fourth-order valence-corrected chi connectivity index (χ4v) is 4.64. The SMILES string of the molecule is CCCSc1nc(Cl)c2nnn(C3CC(C(=O)O)C4OC(C)(C)OC43)c2n1. The lowest BCUT2D eigenvalue weighted by atomic mass is 10.1. The molecule has 3 heterocycles. The Balaban J connectivity index is 1.75. The second-order valence-electron chi connectivity index (χ2n) is 7.16. The van der Waals surface area contributed by atoms with Gasteiger partial charge in [0.1, 0.15) is 12.2 Å². The Hall–Kier alpha value is -1.49. The van der Waals surface area contributed by atoms with Gasteiger partial charge in [0, 0.05) is 5.75 Å². The van der Waals surface area contributed by atoms with Crippen molar-refractivity contribution in [2.45, 2.75) is 62.8 Å². The molecule has 2 aliphatic rings. The Morgan fingerprint density at radius 1 is 1.37 bits per heavy atom. The van der Waals surface area contributed by atoms with Crippen LogP contribution >= 0.6 is 23.4 Å². The first-order chi connectivity index (χ1) is 12.8. The summed E-state index contributed by atoms with van der Waals surface area (Å²) in [5.74, 6) is -1.59. The minimum atomic E-state index is -0.912. The zero-order chi connectivity index (χ0) is 19.3. The van der Waals surface area contributed by atoms with Crippen molar-refractivity contribution in [3.8, 4) is 0 Å². The molecule has 4 atom stereocenters. The molecule has 2 aromatic rings. The number of carboxylic acid groups (broad SMARTS) is 1. The topological polar surface area (TPSA) is 112 Å². The van der Waals surface area contributed by atoms with Crippen LogP contribution in [0.3, 0.4) is 0 Å². The molecule has 4 unspecified atom stereocenters. The van der Waals surface area contributed by atoms with Crippen molar-refractivity contribution in [3.63, 3.8) is 0 Å². The average Bonchev–Trinajstić information content (AvgIpc) is 3.23. The number of aromatic nitrogens is 5. The Kier molecular flexibility index (Phi) is 4.77. The van der Waals surface area contributed by atoms with Gasteiger partial charge >= 0.3 is 5.97 Å². The molecule has 0 bridgehead atoms. The maximum atomic E-state index is 11.7. The second-order valence-corrected chi connectivity index (χ2v) is 8.58. The van der Waals surface area contributed by atoms with Crippen LogP contribution in [0.15, 0.2) is 5.16 Å². The van der Waals surface area contributed by atoms with Gasteiger partial charge in [0.2, 0.25) is 0 Å². The van der Waals surface area contributed by atoms with Crippen LogP contribution in [0.1, 0.15) is 39.7 Å². The van der Waals surface area contributed by atoms with Gasteiger partial charge in [-0.05, 0) is 26.7 Å². The molecule has 4 rings (SSSR count). The third kappa shape index (κ3) is 3.28. The quantitative estimate of drug-likeness (QED) is 0.448. The monoisotopic (exact) mass is 413 g/mol. The lowest BCUT2D eigenvalue weighted by Crippen LogP contribution is -2.30. The number of aliphatic carboxylic acids is 1. The van der Waals surface area contributed by atoms with Crippen LogP contribution in [0.25, 0.3) is 11.2 Å². The first-order valence-electron chi connectivity index (χ1n) is 8.80. The van der Waals surface area contributed by atoms with Crippen LogP contribution in [0.4, 0.5) is 0 Å². The summed E-state index contributed by atoms with van der Waals surface area (Å²) in [5, 5.41) is 18.7. The van der Waals surface area contributed by atoms with Crippen molar-refractivity contribution in [2.75, 3.05) is 5.75 Å². The van der Waals surface area contributed by atoms with Gasteiger partial charge in [0.15, 0.2) is 27.3 Å². The van der Waals surface area contributed by atoms with E-state index >= 15 is 0 Å². The van der Waals surface area contributed by atoms with Crippen molar-refractivity contribution in [1.29, 1.82) is 0 Å². The summed E-state index contributed by atoms with van der Waals surface area (Å²) in [6.45, 7) is 5.63. The largest absolute Gasteiger partial charge is 0.481 e. The summed E-state index contributed by atoms with van der Waals surface area (Å²) in [7, 11) is 0. The maximum absolute atomic E-state index is 11.7. The van der Waals surface area contributed by atoms with Crippen LogP contribution in [0.2, 0.25) is 5.15 Å². The first-order valence-corrected chi connectivity index (χ1v) is 10.2. The van der Waals surface area contributed by atoms with E-state index in [0.29, 0.717) is 22.7 Å². The summed E-state index contributed by atoms with van der Waals surface area (Å²) in [4.78, 5) is 20.6. The lowest BCUT2D eigenvalue weighted by molar-refractivity contribution is -0.168. The van der Waals surface area contributed by atoms with E-state index in [2.05, 4.69) is 27.2 Å². The molecular weight excluding hydrogens is 394 g/mol. The number of ether oxygens (including phenoxy) is 2. The molecule has 0 spiro atoms. The van der Waals surface area contributed by atoms with Crippen molar-refractivity contribution in [1.82, 2.24) is 25.0 Å². The van der Waals surface area contributed by atoms with Gasteiger partial charge < -0.3 is 14.6 Å². The molecule has 1 aliphatic heterocycles. The number of nitrogens with zero attached hydrogens (tertiary/aromatic N) is 5. The standard InChI is InChI=1S/C16H20ClN5O4S/c1-4-5-27-15-18-12(17)9-13(19-15)22(21-20-9)8-6-7(14(23)24)10-11(8)26-16(2,3)25-10/h7-8,10-11H,4-6H2,1-3H3,(H,23,24). The van der Waals surface area contributed by atoms with Gasteiger partial charge in [-0.1, -0.05) is 35.5 Å². The Morgan fingerprint density at radius 3 is 2.81 bits per heavy atom. The third-order valence-corrected chi connectivity index (χ3v) is 6.08. The van der Waals surface area contributed by atoms with Crippen molar-refractivity contribution < 1.29 is 19.4 Å². The Bertz CT molecular complexity index is 891. The molecule has 9 nitrogen and oxygen atoms in total. The smallest absolute Gasteiger partial charge is 0.309 e. The number of thioether (sulfide) groups is 1. The summed E-state index contributed by atoms with van der Waals surface area (Å²) in [6, 6.07) is -0.363. The summed E-state index contributed by atoms with van der Waals surface area (Å²) in [5.41, 5.74) is 0.878. The van der Waals surface area contributed by atoms with Crippen LogP contribution in [0, 0.1) is 5.92 Å². The average molecular weight is 414 g/mol. The van der Waals surface area contributed by atoms with E-state index in [-0.39, 0.29) is 11.2 Å². The molecule has 146 valence electrons. The molecule has 0 radical (unpaired) electrons. The minimum absolute atomic E-state index is 0.234. The third-order valence-electron chi connectivity index (χ3n) is 4.76. The molecule has 1 aliphatic carbocycles. The normalized spacial score (nSPS) is 29.3. The molecule has 2 fully saturated rings. The fourth-order valence-electron chi connectivity index (χ4n) is 3.69. The molecule has 0 aromatic carbocycles. The number of carbonyl (C=O) groups is 1. The lowest BCUT2D eigenvalue weighted by Gasteiger charge is -2.22. The van der Waals surface area contributed by atoms with Crippen molar-refractivity contribution in [3.05, 3.63) is 5.15 Å². The van der Waals surface area contributed by atoms with Gasteiger partial charge in [-0.15, -0.1) is 5.10 Å². The van der Waals surface area contributed by atoms with E-state index in [1.165, 1.54) is 11.8 Å². The highest BCUT2D eigenvalue weighted by atomic mass is 35.5. The number of hydrogen-bond acceptors (Lipinski definition) is 8. The minimum Gasteiger partial charge on any atom is -0.481 e. The number of rotatable bonds is 5.